The molecule has 2 aromatic heterocycles. The SMILES string of the molecule is Cn1cc(CN2CCOCC3(CCN(Cc4cccnc4)C3)C2)cn1. The van der Waals surface area contributed by atoms with E-state index < -0.39 is 0 Å². The molecular weight excluding hydrogens is 314 g/mol. The monoisotopic (exact) mass is 341 g/mol. The summed E-state index contributed by atoms with van der Waals surface area (Å²) in [5.41, 5.74) is 2.83. The highest BCUT2D eigenvalue weighted by Crippen LogP contribution is 2.34. The molecule has 0 N–H and O–H groups in total. The van der Waals surface area contributed by atoms with E-state index in [1.165, 1.54) is 17.5 Å². The average Bonchev–Trinajstić information content (AvgIpc) is 3.12. The first-order valence-corrected chi connectivity index (χ1v) is 9.10. The molecule has 2 aliphatic heterocycles. The fourth-order valence-electron chi connectivity index (χ4n) is 4.19. The lowest BCUT2D eigenvalue weighted by Crippen LogP contribution is -2.40. The van der Waals surface area contributed by atoms with E-state index in [9.17, 15) is 0 Å². The summed E-state index contributed by atoms with van der Waals surface area (Å²) in [6.45, 7) is 7.99. The third-order valence-corrected chi connectivity index (χ3v) is 5.33. The lowest BCUT2D eigenvalue weighted by Gasteiger charge is -2.31. The van der Waals surface area contributed by atoms with Crippen LogP contribution in [-0.4, -0.2) is 64.0 Å². The van der Waals surface area contributed by atoms with E-state index in [4.69, 9.17) is 4.74 Å². The molecule has 0 bridgehead atoms. The van der Waals surface area contributed by atoms with Gasteiger partial charge in [0.15, 0.2) is 0 Å². The first-order chi connectivity index (χ1) is 12.2. The molecule has 1 unspecified atom stereocenters. The Bertz CT molecular complexity index is 688. The molecule has 2 saturated heterocycles. The van der Waals surface area contributed by atoms with Crippen LogP contribution in [0.25, 0.3) is 0 Å². The topological polar surface area (TPSA) is 46.4 Å². The molecule has 6 nitrogen and oxygen atoms in total. The third kappa shape index (κ3) is 4.08. The maximum atomic E-state index is 6.00. The first kappa shape index (κ1) is 16.7. The maximum Gasteiger partial charge on any atom is 0.0593 e. The van der Waals surface area contributed by atoms with Crippen LogP contribution in [0.4, 0.5) is 0 Å². The minimum atomic E-state index is 0.251. The summed E-state index contributed by atoms with van der Waals surface area (Å²) in [5, 5.41) is 4.30. The van der Waals surface area contributed by atoms with Gasteiger partial charge in [-0.3, -0.25) is 19.5 Å². The van der Waals surface area contributed by atoms with Crippen LogP contribution in [0.5, 0.6) is 0 Å². The maximum absolute atomic E-state index is 6.00. The third-order valence-electron chi connectivity index (χ3n) is 5.33. The first-order valence-electron chi connectivity index (χ1n) is 9.10. The average molecular weight is 341 g/mol. The molecular formula is C19H27N5O. The van der Waals surface area contributed by atoms with Crippen molar-refractivity contribution < 1.29 is 4.74 Å². The summed E-state index contributed by atoms with van der Waals surface area (Å²) in [4.78, 5) is 9.33. The number of hydrogen-bond donors (Lipinski definition) is 0. The van der Waals surface area contributed by atoms with Gasteiger partial charge in [0, 0.05) is 69.3 Å². The van der Waals surface area contributed by atoms with Crippen molar-refractivity contribution >= 4 is 0 Å². The van der Waals surface area contributed by atoms with Crippen molar-refractivity contribution in [3.8, 4) is 0 Å². The molecule has 2 aliphatic rings. The molecule has 4 rings (SSSR count). The highest BCUT2D eigenvalue weighted by molar-refractivity contribution is 5.09. The molecule has 25 heavy (non-hydrogen) atoms. The van der Waals surface area contributed by atoms with Crippen LogP contribution in [-0.2, 0) is 24.9 Å². The van der Waals surface area contributed by atoms with Gasteiger partial charge < -0.3 is 4.74 Å². The second kappa shape index (κ2) is 7.23. The van der Waals surface area contributed by atoms with Crippen LogP contribution in [0.1, 0.15) is 17.5 Å². The number of nitrogens with zero attached hydrogens (tertiary/aromatic N) is 5. The zero-order valence-corrected chi connectivity index (χ0v) is 15.0. The number of hydrogen-bond acceptors (Lipinski definition) is 5. The Morgan fingerprint density at radius 3 is 2.72 bits per heavy atom. The predicted octanol–water partition coefficient (Wildman–Crippen LogP) is 1.54. The van der Waals surface area contributed by atoms with E-state index in [0.29, 0.717) is 0 Å². The van der Waals surface area contributed by atoms with Crippen LogP contribution in [0.3, 0.4) is 0 Å². The normalized spacial score (nSPS) is 25.5. The molecule has 0 aliphatic carbocycles. The molecule has 2 aromatic rings. The predicted molar refractivity (Wildman–Crippen MR) is 95.9 cm³/mol. The van der Waals surface area contributed by atoms with Gasteiger partial charge in [-0.1, -0.05) is 6.07 Å². The highest BCUT2D eigenvalue weighted by atomic mass is 16.5. The molecule has 0 radical (unpaired) electrons. The second-order valence-corrected chi connectivity index (χ2v) is 7.61. The van der Waals surface area contributed by atoms with Crippen LogP contribution in [0, 0.1) is 5.41 Å². The van der Waals surface area contributed by atoms with Crippen LogP contribution >= 0.6 is 0 Å². The number of pyridine rings is 1. The van der Waals surface area contributed by atoms with Crippen molar-refractivity contribution in [2.75, 3.05) is 39.4 Å². The molecule has 4 heterocycles. The molecule has 0 saturated carbocycles. The van der Waals surface area contributed by atoms with Gasteiger partial charge in [-0.25, -0.2) is 0 Å². The Balaban J connectivity index is 1.40. The number of aromatic nitrogens is 3. The number of rotatable bonds is 4. The lowest BCUT2D eigenvalue weighted by atomic mass is 9.87. The van der Waals surface area contributed by atoms with Crippen molar-refractivity contribution in [2.45, 2.75) is 19.5 Å². The van der Waals surface area contributed by atoms with E-state index >= 15 is 0 Å². The standard InChI is InChI=1S/C19H27N5O/c1-22-11-18(10-21-22)13-24-7-8-25-16-19(15-24)4-6-23(14-19)12-17-3-2-5-20-9-17/h2-3,5,9-11H,4,6-8,12-16H2,1H3. The van der Waals surface area contributed by atoms with Crippen molar-refractivity contribution in [1.29, 1.82) is 0 Å². The lowest BCUT2D eigenvalue weighted by molar-refractivity contribution is 0.0706. The summed E-state index contributed by atoms with van der Waals surface area (Å²) in [6.07, 6.45) is 9.11. The Kier molecular flexibility index (Phi) is 4.83. The minimum absolute atomic E-state index is 0.251. The molecule has 6 heteroatoms. The number of ether oxygens (including phenoxy) is 1. The molecule has 0 amide bonds. The summed E-state index contributed by atoms with van der Waals surface area (Å²) in [7, 11) is 1.98. The van der Waals surface area contributed by atoms with E-state index in [2.05, 4.69) is 32.1 Å². The second-order valence-electron chi connectivity index (χ2n) is 7.61. The fourth-order valence-corrected chi connectivity index (χ4v) is 4.19. The fraction of sp³-hybridized carbons (Fsp3) is 0.579. The molecule has 1 atom stereocenters. The molecule has 134 valence electrons. The molecule has 0 aromatic carbocycles. The molecule has 1 spiro atoms. The van der Waals surface area contributed by atoms with Crippen molar-refractivity contribution in [3.05, 3.63) is 48.0 Å². The van der Waals surface area contributed by atoms with Crippen LogP contribution in [0.2, 0.25) is 0 Å². The highest BCUT2D eigenvalue weighted by Gasteiger charge is 2.41. The zero-order chi connectivity index (χ0) is 17.1. The Morgan fingerprint density at radius 1 is 1.12 bits per heavy atom. The van der Waals surface area contributed by atoms with Crippen molar-refractivity contribution in [2.24, 2.45) is 12.5 Å². The summed E-state index contributed by atoms with van der Waals surface area (Å²) < 4.78 is 7.88. The Morgan fingerprint density at radius 2 is 1.96 bits per heavy atom. The minimum Gasteiger partial charge on any atom is -0.379 e. The van der Waals surface area contributed by atoms with E-state index in [0.717, 1.165) is 52.5 Å². The Hall–Kier alpha value is -1.76. The zero-order valence-electron chi connectivity index (χ0n) is 15.0. The molecule has 2 fully saturated rings. The van der Waals surface area contributed by atoms with Crippen LogP contribution in [0.15, 0.2) is 36.9 Å². The van der Waals surface area contributed by atoms with Gasteiger partial charge in [-0.15, -0.1) is 0 Å². The van der Waals surface area contributed by atoms with Gasteiger partial charge in [0.2, 0.25) is 0 Å². The number of aryl methyl sites for hydroxylation is 1. The van der Waals surface area contributed by atoms with Gasteiger partial charge >= 0.3 is 0 Å². The smallest absolute Gasteiger partial charge is 0.0593 e. The van der Waals surface area contributed by atoms with Gasteiger partial charge in [-0.05, 0) is 24.6 Å². The van der Waals surface area contributed by atoms with E-state index in [1.807, 2.05) is 36.4 Å². The summed E-state index contributed by atoms with van der Waals surface area (Å²) >= 11 is 0. The van der Waals surface area contributed by atoms with Gasteiger partial charge in [-0.2, -0.15) is 5.10 Å². The van der Waals surface area contributed by atoms with Crippen molar-refractivity contribution in [1.82, 2.24) is 24.6 Å². The summed E-state index contributed by atoms with van der Waals surface area (Å²) in [6, 6.07) is 4.18. The summed E-state index contributed by atoms with van der Waals surface area (Å²) in [5.74, 6) is 0. The quantitative estimate of drug-likeness (QED) is 0.844. The largest absolute Gasteiger partial charge is 0.379 e. The van der Waals surface area contributed by atoms with Gasteiger partial charge in [0.05, 0.1) is 19.4 Å². The van der Waals surface area contributed by atoms with Crippen molar-refractivity contribution in [3.63, 3.8) is 0 Å². The number of likely N-dealkylation sites (tertiary alicyclic amines) is 1. The Labute approximate surface area is 149 Å². The van der Waals surface area contributed by atoms with Gasteiger partial charge in [0.25, 0.3) is 0 Å². The van der Waals surface area contributed by atoms with E-state index in [1.54, 1.807) is 0 Å². The van der Waals surface area contributed by atoms with Gasteiger partial charge in [0.1, 0.15) is 0 Å². The van der Waals surface area contributed by atoms with E-state index in [-0.39, 0.29) is 5.41 Å². The van der Waals surface area contributed by atoms with Crippen LogP contribution < -0.4 is 0 Å².